The molecular formula is C18H26N2O5S. The Morgan fingerprint density at radius 3 is 2.27 bits per heavy atom. The number of nitrogens with zero attached hydrogens (tertiary/aromatic N) is 1. The maximum absolute atomic E-state index is 12.2. The van der Waals surface area contributed by atoms with Gasteiger partial charge in [0, 0.05) is 19.6 Å². The Balaban J connectivity index is 1.92. The van der Waals surface area contributed by atoms with E-state index in [1.54, 1.807) is 11.8 Å². The highest BCUT2D eigenvalue weighted by Crippen LogP contribution is 2.21. The SMILES string of the molecule is CCNS(=O)(=O)c1ccc(C(=O)OCC(=O)N2C[C@H](C)C[C@@H](C)C2)cc1. The summed E-state index contributed by atoms with van der Waals surface area (Å²) in [4.78, 5) is 26.1. The highest BCUT2D eigenvalue weighted by Gasteiger charge is 2.26. The van der Waals surface area contributed by atoms with Crippen molar-refractivity contribution in [2.75, 3.05) is 26.2 Å². The summed E-state index contributed by atoms with van der Waals surface area (Å²) in [5.74, 6) is 0.0150. The number of carbonyl (C=O) groups excluding carboxylic acids is 2. The van der Waals surface area contributed by atoms with Crippen LogP contribution in [0, 0.1) is 11.8 Å². The van der Waals surface area contributed by atoms with Crippen LogP contribution in [0.1, 0.15) is 37.6 Å². The second kappa shape index (κ2) is 8.64. The van der Waals surface area contributed by atoms with Crippen molar-refractivity contribution < 1.29 is 22.7 Å². The van der Waals surface area contributed by atoms with Gasteiger partial charge in [0.2, 0.25) is 10.0 Å². The number of carbonyl (C=O) groups is 2. The summed E-state index contributed by atoms with van der Waals surface area (Å²) in [6.45, 7) is 7.22. The van der Waals surface area contributed by atoms with E-state index in [4.69, 9.17) is 4.74 Å². The zero-order valence-electron chi connectivity index (χ0n) is 15.4. The number of nitrogens with one attached hydrogen (secondary N) is 1. The van der Waals surface area contributed by atoms with Crippen molar-refractivity contribution in [3.05, 3.63) is 29.8 Å². The van der Waals surface area contributed by atoms with E-state index < -0.39 is 16.0 Å². The van der Waals surface area contributed by atoms with Gasteiger partial charge in [0.1, 0.15) is 0 Å². The number of rotatable bonds is 6. The van der Waals surface area contributed by atoms with Crippen LogP contribution in [0.4, 0.5) is 0 Å². The van der Waals surface area contributed by atoms with Crippen LogP contribution in [0.25, 0.3) is 0 Å². The van der Waals surface area contributed by atoms with Crippen molar-refractivity contribution >= 4 is 21.9 Å². The van der Waals surface area contributed by atoms with Gasteiger partial charge in [0.15, 0.2) is 6.61 Å². The van der Waals surface area contributed by atoms with Gasteiger partial charge in [-0.05, 0) is 42.5 Å². The fraction of sp³-hybridized carbons (Fsp3) is 0.556. The molecule has 7 nitrogen and oxygen atoms in total. The summed E-state index contributed by atoms with van der Waals surface area (Å²) >= 11 is 0. The van der Waals surface area contributed by atoms with E-state index in [0.717, 1.165) is 6.42 Å². The zero-order valence-corrected chi connectivity index (χ0v) is 16.2. The van der Waals surface area contributed by atoms with E-state index in [1.165, 1.54) is 24.3 Å². The molecule has 1 amide bonds. The summed E-state index contributed by atoms with van der Waals surface area (Å²) in [5, 5.41) is 0. The van der Waals surface area contributed by atoms with Crippen molar-refractivity contribution in [3.8, 4) is 0 Å². The van der Waals surface area contributed by atoms with Crippen LogP contribution in [-0.2, 0) is 19.6 Å². The molecule has 144 valence electrons. The first kappa shape index (κ1) is 20.4. The third-order valence-corrected chi connectivity index (χ3v) is 5.84. The number of amides is 1. The molecule has 0 saturated carbocycles. The minimum absolute atomic E-state index is 0.0725. The van der Waals surface area contributed by atoms with E-state index in [2.05, 4.69) is 18.6 Å². The molecule has 8 heteroatoms. The second-order valence-corrected chi connectivity index (χ2v) is 8.61. The smallest absolute Gasteiger partial charge is 0.338 e. The lowest BCUT2D eigenvalue weighted by Crippen LogP contribution is -2.44. The molecule has 1 fully saturated rings. The molecule has 1 aliphatic heterocycles. The fourth-order valence-electron chi connectivity index (χ4n) is 3.21. The van der Waals surface area contributed by atoms with Crippen LogP contribution in [-0.4, -0.2) is 51.4 Å². The van der Waals surface area contributed by atoms with Gasteiger partial charge in [-0.1, -0.05) is 20.8 Å². The van der Waals surface area contributed by atoms with Crippen molar-refractivity contribution in [1.29, 1.82) is 0 Å². The zero-order chi connectivity index (χ0) is 19.3. The molecule has 0 spiro atoms. The quantitative estimate of drug-likeness (QED) is 0.755. The Labute approximate surface area is 154 Å². The van der Waals surface area contributed by atoms with E-state index in [1.807, 2.05) is 0 Å². The molecular weight excluding hydrogens is 356 g/mol. The largest absolute Gasteiger partial charge is 0.452 e. The lowest BCUT2D eigenvalue weighted by Gasteiger charge is -2.34. The van der Waals surface area contributed by atoms with Crippen molar-refractivity contribution in [1.82, 2.24) is 9.62 Å². The predicted molar refractivity (Wildman–Crippen MR) is 97.1 cm³/mol. The van der Waals surface area contributed by atoms with E-state index in [-0.39, 0.29) is 29.5 Å². The van der Waals surface area contributed by atoms with Crippen LogP contribution in [0.3, 0.4) is 0 Å². The van der Waals surface area contributed by atoms with E-state index in [9.17, 15) is 18.0 Å². The standard InChI is InChI=1S/C18H26N2O5S/c1-4-19-26(23,24)16-7-5-15(6-8-16)18(22)25-12-17(21)20-10-13(2)9-14(3)11-20/h5-8,13-14,19H,4,9-12H2,1-3H3/t13-,14-/m1/s1. The average Bonchev–Trinajstić information content (AvgIpc) is 2.58. The number of sulfonamides is 1. The molecule has 1 heterocycles. The van der Waals surface area contributed by atoms with Crippen LogP contribution in [0.2, 0.25) is 0 Å². The van der Waals surface area contributed by atoms with Crippen LogP contribution >= 0.6 is 0 Å². The first-order valence-electron chi connectivity index (χ1n) is 8.77. The van der Waals surface area contributed by atoms with Gasteiger partial charge in [0.25, 0.3) is 5.91 Å². The van der Waals surface area contributed by atoms with Gasteiger partial charge in [-0.3, -0.25) is 4.79 Å². The van der Waals surface area contributed by atoms with Crippen LogP contribution in [0.5, 0.6) is 0 Å². The molecule has 0 aliphatic carbocycles. The van der Waals surface area contributed by atoms with Gasteiger partial charge < -0.3 is 9.64 Å². The predicted octanol–water partition coefficient (Wildman–Crippen LogP) is 1.65. The Morgan fingerprint density at radius 2 is 1.73 bits per heavy atom. The third kappa shape index (κ3) is 5.28. The van der Waals surface area contributed by atoms with Crippen molar-refractivity contribution in [2.24, 2.45) is 11.8 Å². The molecule has 2 atom stereocenters. The maximum atomic E-state index is 12.2. The molecule has 1 saturated heterocycles. The number of likely N-dealkylation sites (tertiary alicyclic amines) is 1. The molecule has 1 N–H and O–H groups in total. The highest BCUT2D eigenvalue weighted by molar-refractivity contribution is 7.89. The van der Waals surface area contributed by atoms with Gasteiger partial charge in [-0.2, -0.15) is 0 Å². The minimum Gasteiger partial charge on any atom is -0.452 e. The molecule has 1 aromatic carbocycles. The van der Waals surface area contributed by atoms with E-state index in [0.29, 0.717) is 24.9 Å². The number of ether oxygens (including phenoxy) is 1. The summed E-state index contributed by atoms with van der Waals surface area (Å²) < 4.78 is 31.2. The first-order valence-corrected chi connectivity index (χ1v) is 10.3. The Kier molecular flexibility index (Phi) is 6.77. The minimum atomic E-state index is -3.57. The highest BCUT2D eigenvalue weighted by atomic mass is 32.2. The Hall–Kier alpha value is -1.93. The average molecular weight is 382 g/mol. The monoisotopic (exact) mass is 382 g/mol. The first-order chi connectivity index (χ1) is 12.2. The van der Waals surface area contributed by atoms with Crippen molar-refractivity contribution in [2.45, 2.75) is 32.1 Å². The Morgan fingerprint density at radius 1 is 1.15 bits per heavy atom. The molecule has 1 aromatic rings. The Bertz CT molecular complexity index is 735. The summed E-state index contributed by atoms with van der Waals surface area (Å²) in [7, 11) is -3.57. The van der Waals surface area contributed by atoms with Crippen LogP contribution in [0.15, 0.2) is 29.2 Å². The number of benzene rings is 1. The van der Waals surface area contributed by atoms with Crippen molar-refractivity contribution in [3.63, 3.8) is 0 Å². The number of hydrogen-bond donors (Lipinski definition) is 1. The normalized spacial score (nSPS) is 20.7. The maximum Gasteiger partial charge on any atom is 0.338 e. The lowest BCUT2D eigenvalue weighted by atomic mass is 9.92. The molecule has 0 radical (unpaired) electrons. The summed E-state index contributed by atoms with van der Waals surface area (Å²) in [6, 6.07) is 5.43. The van der Waals surface area contributed by atoms with Gasteiger partial charge in [0.05, 0.1) is 10.5 Å². The summed E-state index contributed by atoms with van der Waals surface area (Å²) in [6.07, 6.45) is 1.09. The van der Waals surface area contributed by atoms with Crippen LogP contribution < -0.4 is 4.72 Å². The second-order valence-electron chi connectivity index (χ2n) is 6.85. The number of esters is 1. The van der Waals surface area contributed by atoms with Gasteiger partial charge in [-0.15, -0.1) is 0 Å². The topological polar surface area (TPSA) is 92.8 Å². The molecule has 1 aliphatic rings. The molecule has 0 aromatic heterocycles. The molecule has 0 bridgehead atoms. The fourth-order valence-corrected chi connectivity index (χ4v) is 4.25. The summed E-state index contributed by atoms with van der Waals surface area (Å²) in [5.41, 5.74) is 0.202. The number of hydrogen-bond acceptors (Lipinski definition) is 5. The third-order valence-electron chi connectivity index (χ3n) is 4.28. The number of piperidine rings is 1. The molecule has 0 unspecified atom stereocenters. The van der Waals surface area contributed by atoms with Gasteiger partial charge in [-0.25, -0.2) is 17.9 Å². The van der Waals surface area contributed by atoms with E-state index >= 15 is 0 Å². The molecule has 26 heavy (non-hydrogen) atoms. The molecule has 2 rings (SSSR count). The van der Waals surface area contributed by atoms with Gasteiger partial charge >= 0.3 is 5.97 Å². The lowest BCUT2D eigenvalue weighted by molar-refractivity contribution is -0.137.